The summed E-state index contributed by atoms with van der Waals surface area (Å²) in [5, 5.41) is 2.26. The largest absolute Gasteiger partial charge is 0.463 e. The van der Waals surface area contributed by atoms with E-state index in [0.717, 1.165) is 16.7 Å². The van der Waals surface area contributed by atoms with Gasteiger partial charge in [0.25, 0.3) is 0 Å². The summed E-state index contributed by atoms with van der Waals surface area (Å²) in [5.41, 5.74) is 1.10. The number of hydrogen-bond donors (Lipinski definition) is 0. The molecule has 0 N–H and O–H groups in total. The van der Waals surface area contributed by atoms with Crippen molar-refractivity contribution in [2.24, 2.45) is 0 Å². The van der Waals surface area contributed by atoms with Gasteiger partial charge in [-0.3, -0.25) is 0 Å². The highest BCUT2D eigenvalue weighted by atomic mass is 16.7. The van der Waals surface area contributed by atoms with Crippen LogP contribution < -0.4 is 4.74 Å². The van der Waals surface area contributed by atoms with Crippen LogP contribution in [0, 0.1) is 6.07 Å². The molecule has 1 aliphatic rings. The lowest BCUT2D eigenvalue weighted by Crippen LogP contribution is -2.35. The van der Waals surface area contributed by atoms with Crippen LogP contribution in [0.4, 0.5) is 0 Å². The fourth-order valence-corrected chi connectivity index (χ4v) is 1.95. The molecule has 0 saturated heterocycles. The summed E-state index contributed by atoms with van der Waals surface area (Å²) < 4.78 is 11.4. The van der Waals surface area contributed by atoms with E-state index in [-0.39, 0.29) is 0 Å². The molecule has 0 atom stereocenters. The minimum absolute atomic E-state index is 0.532. The third kappa shape index (κ3) is 1.55. The maximum atomic E-state index is 5.79. The Morgan fingerprint density at radius 2 is 2.19 bits per heavy atom. The van der Waals surface area contributed by atoms with E-state index in [1.165, 1.54) is 5.39 Å². The highest BCUT2D eigenvalue weighted by Gasteiger charge is 2.27. The van der Waals surface area contributed by atoms with Crippen molar-refractivity contribution >= 4 is 10.8 Å². The quantitative estimate of drug-likeness (QED) is 0.668. The Kier molecular flexibility index (Phi) is 1.95. The molecule has 2 heteroatoms. The van der Waals surface area contributed by atoms with Crippen molar-refractivity contribution in [3.63, 3.8) is 0 Å². The predicted octanol–water partition coefficient (Wildman–Crippen LogP) is 3.29. The van der Waals surface area contributed by atoms with Crippen LogP contribution in [0.1, 0.15) is 19.4 Å². The molecular weight excluding hydrogens is 200 g/mol. The normalized spacial score (nSPS) is 17.9. The fourth-order valence-electron chi connectivity index (χ4n) is 1.95. The van der Waals surface area contributed by atoms with Gasteiger partial charge in [-0.15, -0.1) is 0 Å². The molecule has 0 aromatic heterocycles. The Labute approximate surface area is 94.8 Å². The first kappa shape index (κ1) is 9.67. The second-order valence-corrected chi connectivity index (χ2v) is 4.51. The zero-order valence-electron chi connectivity index (χ0n) is 9.41. The summed E-state index contributed by atoms with van der Waals surface area (Å²) in [6, 6.07) is 13.3. The number of fused-ring (bicyclic) bond motifs is 2. The maximum absolute atomic E-state index is 5.79. The lowest BCUT2D eigenvalue weighted by Gasteiger charge is -2.32. The third-order valence-electron chi connectivity index (χ3n) is 2.77. The van der Waals surface area contributed by atoms with Crippen LogP contribution >= 0.6 is 0 Å². The van der Waals surface area contributed by atoms with E-state index in [1.807, 2.05) is 32.0 Å². The lowest BCUT2D eigenvalue weighted by molar-refractivity contribution is -0.179. The van der Waals surface area contributed by atoms with Crippen molar-refractivity contribution in [3.05, 3.63) is 42.0 Å². The van der Waals surface area contributed by atoms with Crippen molar-refractivity contribution in [1.29, 1.82) is 0 Å². The van der Waals surface area contributed by atoms with Crippen molar-refractivity contribution < 1.29 is 9.47 Å². The van der Waals surface area contributed by atoms with Gasteiger partial charge >= 0.3 is 0 Å². The molecule has 0 amide bonds. The molecular formula is C14H13O2. The molecule has 2 aromatic rings. The zero-order chi connectivity index (χ0) is 11.2. The number of benzene rings is 2. The van der Waals surface area contributed by atoms with Gasteiger partial charge in [0.15, 0.2) is 0 Å². The van der Waals surface area contributed by atoms with Crippen LogP contribution in [0.15, 0.2) is 30.3 Å². The van der Waals surface area contributed by atoms with E-state index < -0.39 is 5.79 Å². The summed E-state index contributed by atoms with van der Waals surface area (Å²) in [6.07, 6.45) is 0. The smallest absolute Gasteiger partial charge is 0.205 e. The topological polar surface area (TPSA) is 18.5 Å². The van der Waals surface area contributed by atoms with Gasteiger partial charge in [0.05, 0.1) is 6.61 Å². The van der Waals surface area contributed by atoms with Crippen LogP contribution in [-0.2, 0) is 11.3 Å². The first-order chi connectivity index (χ1) is 7.64. The Morgan fingerprint density at radius 1 is 1.31 bits per heavy atom. The summed E-state index contributed by atoms with van der Waals surface area (Å²) in [5.74, 6) is 0.376. The molecule has 2 aromatic carbocycles. The number of ether oxygens (including phenoxy) is 2. The van der Waals surface area contributed by atoms with Gasteiger partial charge in [-0.05, 0) is 29.0 Å². The van der Waals surface area contributed by atoms with E-state index in [4.69, 9.17) is 9.47 Å². The average molecular weight is 213 g/mol. The zero-order valence-corrected chi connectivity index (χ0v) is 9.41. The molecule has 1 radical (unpaired) electrons. The van der Waals surface area contributed by atoms with Crippen LogP contribution in [0.25, 0.3) is 10.8 Å². The molecule has 3 rings (SSSR count). The molecule has 0 unspecified atom stereocenters. The maximum Gasteiger partial charge on any atom is 0.205 e. The molecule has 0 saturated carbocycles. The number of rotatable bonds is 0. The van der Waals surface area contributed by atoms with E-state index in [1.54, 1.807) is 0 Å². The first-order valence-electron chi connectivity index (χ1n) is 5.40. The van der Waals surface area contributed by atoms with Gasteiger partial charge in [0.1, 0.15) is 5.75 Å². The molecule has 0 spiro atoms. The minimum atomic E-state index is -0.532. The van der Waals surface area contributed by atoms with Crippen molar-refractivity contribution in [2.75, 3.05) is 0 Å². The highest BCUT2D eigenvalue weighted by Crippen LogP contribution is 2.34. The molecule has 81 valence electrons. The summed E-state index contributed by atoms with van der Waals surface area (Å²) >= 11 is 0. The third-order valence-corrected chi connectivity index (χ3v) is 2.77. The van der Waals surface area contributed by atoms with Crippen molar-refractivity contribution in [2.45, 2.75) is 26.2 Å². The fraction of sp³-hybridized carbons (Fsp3) is 0.286. The Balaban J connectivity index is 2.17. The van der Waals surface area contributed by atoms with E-state index in [0.29, 0.717) is 6.61 Å². The van der Waals surface area contributed by atoms with Crippen LogP contribution in [0.2, 0.25) is 0 Å². The van der Waals surface area contributed by atoms with Crippen molar-refractivity contribution in [1.82, 2.24) is 0 Å². The van der Waals surface area contributed by atoms with E-state index in [9.17, 15) is 0 Å². The van der Waals surface area contributed by atoms with Gasteiger partial charge in [-0.2, -0.15) is 0 Å². The van der Waals surface area contributed by atoms with Gasteiger partial charge in [-0.25, -0.2) is 0 Å². The SMILES string of the molecule is CC1(C)OCc2cc3ccc[c]c3cc2O1. The second-order valence-electron chi connectivity index (χ2n) is 4.51. The Hall–Kier alpha value is -1.54. The first-order valence-corrected chi connectivity index (χ1v) is 5.40. The van der Waals surface area contributed by atoms with Crippen molar-refractivity contribution in [3.8, 4) is 5.75 Å². The van der Waals surface area contributed by atoms with Crippen LogP contribution in [0.5, 0.6) is 5.75 Å². The molecule has 1 aliphatic heterocycles. The molecule has 0 fully saturated rings. The Morgan fingerprint density at radius 3 is 3.06 bits per heavy atom. The van der Waals surface area contributed by atoms with Gasteiger partial charge in [0, 0.05) is 19.4 Å². The summed E-state index contributed by atoms with van der Waals surface area (Å²) in [7, 11) is 0. The molecule has 0 aliphatic carbocycles. The van der Waals surface area contributed by atoms with Crippen LogP contribution in [0.3, 0.4) is 0 Å². The van der Waals surface area contributed by atoms with Gasteiger partial charge in [-0.1, -0.05) is 18.2 Å². The summed E-state index contributed by atoms with van der Waals surface area (Å²) in [4.78, 5) is 0. The van der Waals surface area contributed by atoms with Crippen LogP contribution in [-0.4, -0.2) is 5.79 Å². The molecule has 1 heterocycles. The monoisotopic (exact) mass is 213 g/mol. The number of hydrogen-bond acceptors (Lipinski definition) is 2. The van der Waals surface area contributed by atoms with E-state index >= 15 is 0 Å². The average Bonchev–Trinajstić information content (AvgIpc) is 2.25. The Bertz CT molecular complexity index is 543. The molecule has 0 bridgehead atoms. The van der Waals surface area contributed by atoms with E-state index in [2.05, 4.69) is 18.2 Å². The standard InChI is InChI=1S/C14H13O2/c1-14(2)15-9-12-7-10-5-3-4-6-11(10)8-13(12)16-14/h3-5,7-8H,9H2,1-2H3. The second kappa shape index (κ2) is 3.22. The molecule has 2 nitrogen and oxygen atoms in total. The minimum Gasteiger partial charge on any atom is -0.463 e. The van der Waals surface area contributed by atoms with Gasteiger partial charge in [0.2, 0.25) is 5.79 Å². The lowest BCUT2D eigenvalue weighted by atomic mass is 10.1. The highest BCUT2D eigenvalue weighted by molar-refractivity contribution is 5.84. The van der Waals surface area contributed by atoms with Gasteiger partial charge < -0.3 is 9.47 Å². The summed E-state index contributed by atoms with van der Waals surface area (Å²) in [6.45, 7) is 4.46. The molecule has 16 heavy (non-hydrogen) atoms. The predicted molar refractivity (Wildman–Crippen MR) is 62.3 cm³/mol.